The van der Waals surface area contributed by atoms with Crippen LogP contribution in [0.15, 0.2) is 91.4 Å². The number of carbonyl (C=O) groups excluding carboxylic acids is 2. The first-order valence-corrected chi connectivity index (χ1v) is 11.4. The second-order valence-electron chi connectivity index (χ2n) is 8.31. The van der Waals surface area contributed by atoms with Crippen LogP contribution in [0.4, 0.5) is 5.69 Å². The van der Waals surface area contributed by atoms with Crippen molar-refractivity contribution in [2.75, 3.05) is 11.9 Å². The minimum absolute atomic E-state index is 0.0386. The Balaban J connectivity index is 1.39. The van der Waals surface area contributed by atoms with E-state index in [4.69, 9.17) is 4.74 Å². The van der Waals surface area contributed by atoms with E-state index in [1.54, 1.807) is 6.20 Å². The SMILES string of the molecule is Cc1ccc(-c2ccc(NC(=O)[C@H](COCc3ccccc3)NC(=O)Cc3cnc[nH]3)cc2)cc1. The number of aromatic amines is 1. The zero-order valence-corrected chi connectivity index (χ0v) is 19.5. The van der Waals surface area contributed by atoms with Crippen LogP contribution >= 0.6 is 0 Å². The molecule has 0 spiro atoms. The third-order valence-corrected chi connectivity index (χ3v) is 5.49. The van der Waals surface area contributed by atoms with Gasteiger partial charge in [-0.25, -0.2) is 4.98 Å². The van der Waals surface area contributed by atoms with Gasteiger partial charge in [-0.05, 0) is 35.7 Å². The quantitative estimate of drug-likeness (QED) is 0.324. The number of benzene rings is 3. The van der Waals surface area contributed by atoms with Crippen molar-refractivity contribution in [2.45, 2.75) is 26.0 Å². The van der Waals surface area contributed by atoms with E-state index in [1.807, 2.05) is 54.6 Å². The number of anilines is 1. The number of ether oxygens (including phenoxy) is 1. The van der Waals surface area contributed by atoms with Crippen LogP contribution in [0.3, 0.4) is 0 Å². The summed E-state index contributed by atoms with van der Waals surface area (Å²) < 4.78 is 5.77. The Bertz CT molecular complexity index is 1220. The number of nitrogens with one attached hydrogen (secondary N) is 3. The summed E-state index contributed by atoms with van der Waals surface area (Å²) in [5, 5.41) is 5.67. The maximum atomic E-state index is 13.1. The first-order chi connectivity index (χ1) is 17.1. The van der Waals surface area contributed by atoms with Gasteiger partial charge in [0.1, 0.15) is 6.04 Å². The number of H-pyrrole nitrogens is 1. The molecular weight excluding hydrogens is 440 g/mol. The number of hydrogen-bond acceptors (Lipinski definition) is 4. The zero-order chi connectivity index (χ0) is 24.5. The van der Waals surface area contributed by atoms with Crippen molar-refractivity contribution >= 4 is 17.5 Å². The number of aryl methyl sites for hydroxylation is 1. The second-order valence-corrected chi connectivity index (χ2v) is 8.31. The maximum absolute atomic E-state index is 13.1. The first-order valence-electron chi connectivity index (χ1n) is 11.4. The predicted octanol–water partition coefficient (Wildman–Crippen LogP) is 4.27. The van der Waals surface area contributed by atoms with Crippen molar-refractivity contribution in [3.8, 4) is 11.1 Å². The molecule has 0 aliphatic carbocycles. The molecule has 0 saturated carbocycles. The van der Waals surface area contributed by atoms with Gasteiger partial charge in [0.05, 0.1) is 26.0 Å². The summed E-state index contributed by atoms with van der Waals surface area (Å²) in [6.45, 7) is 2.43. The fourth-order valence-electron chi connectivity index (χ4n) is 3.57. The number of amides is 2. The van der Waals surface area contributed by atoms with Crippen LogP contribution in [0, 0.1) is 6.92 Å². The van der Waals surface area contributed by atoms with Crippen molar-refractivity contribution in [1.29, 1.82) is 0 Å². The van der Waals surface area contributed by atoms with Crippen LogP contribution in [0.5, 0.6) is 0 Å². The minimum atomic E-state index is -0.856. The Morgan fingerprint density at radius 3 is 2.29 bits per heavy atom. The lowest BCUT2D eigenvalue weighted by Gasteiger charge is -2.19. The first kappa shape index (κ1) is 23.9. The molecule has 4 rings (SSSR count). The monoisotopic (exact) mass is 468 g/mol. The van der Waals surface area contributed by atoms with Crippen LogP contribution in [-0.4, -0.2) is 34.4 Å². The largest absolute Gasteiger partial charge is 0.374 e. The van der Waals surface area contributed by atoms with Crippen LogP contribution in [0.1, 0.15) is 16.8 Å². The summed E-state index contributed by atoms with van der Waals surface area (Å²) in [6, 6.07) is 24.7. The highest BCUT2D eigenvalue weighted by Crippen LogP contribution is 2.22. The molecular formula is C28H28N4O3. The number of nitrogens with zero attached hydrogens (tertiary/aromatic N) is 1. The van der Waals surface area contributed by atoms with Gasteiger partial charge < -0.3 is 20.4 Å². The Morgan fingerprint density at radius 1 is 0.943 bits per heavy atom. The van der Waals surface area contributed by atoms with Crippen molar-refractivity contribution in [3.63, 3.8) is 0 Å². The number of aromatic nitrogens is 2. The molecule has 0 saturated heterocycles. The van der Waals surface area contributed by atoms with Gasteiger partial charge in [-0.3, -0.25) is 9.59 Å². The highest BCUT2D eigenvalue weighted by Gasteiger charge is 2.22. The maximum Gasteiger partial charge on any atom is 0.249 e. The molecule has 3 N–H and O–H groups in total. The Morgan fingerprint density at radius 2 is 1.63 bits per heavy atom. The Labute approximate surface area is 204 Å². The standard InChI is InChI=1S/C28H28N4O3/c1-20-7-9-22(10-8-20)23-11-13-24(14-12-23)31-28(34)26(18-35-17-21-5-3-2-4-6-21)32-27(33)15-25-16-29-19-30-25/h2-14,16,19,26H,15,17-18H2,1H3,(H,29,30)(H,31,34)(H,32,33)/t26-/m0/s1. The molecule has 1 aromatic heterocycles. The van der Waals surface area contributed by atoms with Gasteiger partial charge in [-0.15, -0.1) is 0 Å². The topological polar surface area (TPSA) is 96.1 Å². The number of hydrogen-bond donors (Lipinski definition) is 3. The predicted molar refractivity (Wildman–Crippen MR) is 136 cm³/mol. The molecule has 4 aromatic rings. The highest BCUT2D eigenvalue weighted by atomic mass is 16.5. The molecule has 3 aromatic carbocycles. The summed E-state index contributed by atoms with van der Waals surface area (Å²) in [4.78, 5) is 32.4. The Hall–Kier alpha value is -4.23. The molecule has 0 bridgehead atoms. The molecule has 7 heteroatoms. The summed E-state index contributed by atoms with van der Waals surface area (Å²) in [6.07, 6.45) is 3.18. The van der Waals surface area contributed by atoms with E-state index in [2.05, 4.69) is 51.8 Å². The fraction of sp³-hybridized carbons (Fsp3) is 0.179. The third kappa shape index (κ3) is 7.12. The number of rotatable bonds is 10. The molecule has 2 amide bonds. The van der Waals surface area contributed by atoms with E-state index in [0.29, 0.717) is 18.0 Å². The van der Waals surface area contributed by atoms with E-state index in [9.17, 15) is 9.59 Å². The molecule has 0 aliphatic heterocycles. The smallest absolute Gasteiger partial charge is 0.249 e. The van der Waals surface area contributed by atoms with Crippen molar-refractivity contribution in [1.82, 2.24) is 15.3 Å². The summed E-state index contributed by atoms with van der Waals surface area (Å²) in [7, 11) is 0. The molecule has 7 nitrogen and oxygen atoms in total. The molecule has 1 atom stereocenters. The second kappa shape index (κ2) is 11.8. The zero-order valence-electron chi connectivity index (χ0n) is 19.5. The lowest BCUT2D eigenvalue weighted by molar-refractivity contribution is -0.127. The molecule has 35 heavy (non-hydrogen) atoms. The molecule has 1 heterocycles. The van der Waals surface area contributed by atoms with E-state index in [1.165, 1.54) is 11.9 Å². The van der Waals surface area contributed by atoms with Crippen LogP contribution in [0.2, 0.25) is 0 Å². The normalized spacial score (nSPS) is 11.6. The van der Waals surface area contributed by atoms with Crippen molar-refractivity contribution in [3.05, 3.63) is 108 Å². The molecule has 0 radical (unpaired) electrons. The number of imidazole rings is 1. The van der Waals surface area contributed by atoms with Crippen molar-refractivity contribution < 1.29 is 14.3 Å². The average molecular weight is 469 g/mol. The lowest BCUT2D eigenvalue weighted by atomic mass is 10.0. The van der Waals surface area contributed by atoms with Gasteiger partial charge in [-0.2, -0.15) is 0 Å². The molecule has 178 valence electrons. The van der Waals surface area contributed by atoms with E-state index in [0.717, 1.165) is 16.7 Å². The van der Waals surface area contributed by atoms with Gasteiger partial charge in [-0.1, -0.05) is 72.3 Å². The van der Waals surface area contributed by atoms with Crippen LogP contribution < -0.4 is 10.6 Å². The third-order valence-electron chi connectivity index (χ3n) is 5.49. The Kier molecular flexibility index (Phi) is 8.04. The summed E-state index contributed by atoms with van der Waals surface area (Å²) in [5.74, 6) is -0.647. The van der Waals surface area contributed by atoms with Gasteiger partial charge in [0.2, 0.25) is 11.8 Å². The molecule has 0 fully saturated rings. The van der Waals surface area contributed by atoms with Crippen molar-refractivity contribution in [2.24, 2.45) is 0 Å². The summed E-state index contributed by atoms with van der Waals surface area (Å²) in [5.41, 5.74) is 5.65. The van der Waals surface area contributed by atoms with E-state index < -0.39 is 6.04 Å². The van der Waals surface area contributed by atoms with Crippen LogP contribution in [-0.2, 0) is 27.4 Å². The van der Waals surface area contributed by atoms with E-state index in [-0.39, 0.29) is 24.8 Å². The molecule has 0 aliphatic rings. The van der Waals surface area contributed by atoms with Gasteiger partial charge in [0.25, 0.3) is 0 Å². The molecule has 0 unspecified atom stereocenters. The van der Waals surface area contributed by atoms with Gasteiger partial charge in [0, 0.05) is 17.6 Å². The number of carbonyl (C=O) groups is 2. The van der Waals surface area contributed by atoms with Gasteiger partial charge >= 0.3 is 0 Å². The lowest BCUT2D eigenvalue weighted by Crippen LogP contribution is -2.47. The van der Waals surface area contributed by atoms with Crippen LogP contribution in [0.25, 0.3) is 11.1 Å². The fourth-order valence-corrected chi connectivity index (χ4v) is 3.57. The highest BCUT2D eigenvalue weighted by molar-refractivity contribution is 5.97. The van der Waals surface area contributed by atoms with Gasteiger partial charge in [0.15, 0.2) is 0 Å². The minimum Gasteiger partial charge on any atom is -0.374 e. The van der Waals surface area contributed by atoms with E-state index >= 15 is 0 Å². The summed E-state index contributed by atoms with van der Waals surface area (Å²) >= 11 is 0. The average Bonchev–Trinajstić information content (AvgIpc) is 3.38.